The van der Waals surface area contributed by atoms with E-state index in [0.29, 0.717) is 18.0 Å². The number of nitrogens with zero attached hydrogens (tertiary/aromatic N) is 2. The van der Waals surface area contributed by atoms with Gasteiger partial charge in [-0.15, -0.1) is 0 Å². The van der Waals surface area contributed by atoms with Gasteiger partial charge in [0.15, 0.2) is 6.10 Å². The highest BCUT2D eigenvalue weighted by Crippen LogP contribution is 2.37. The number of likely N-dealkylation sites (tertiary alicyclic amines) is 1. The summed E-state index contributed by atoms with van der Waals surface area (Å²) >= 11 is 0. The monoisotopic (exact) mass is 505 g/mol. The van der Waals surface area contributed by atoms with Gasteiger partial charge in [-0.05, 0) is 73.8 Å². The minimum absolute atomic E-state index is 0.102. The van der Waals surface area contributed by atoms with Crippen LogP contribution in [0.4, 0.5) is 5.69 Å². The number of aryl methyl sites for hydroxylation is 1. The normalized spacial score (nSPS) is 17.9. The minimum atomic E-state index is -3.88. The quantitative estimate of drug-likeness (QED) is 0.528. The van der Waals surface area contributed by atoms with Gasteiger partial charge in [-0.1, -0.05) is 48.5 Å². The fraction of sp³-hybridized carbons (Fsp3) is 0.321. The van der Waals surface area contributed by atoms with E-state index >= 15 is 0 Å². The number of fused-ring (bicyclic) bond motifs is 1. The molecule has 0 radical (unpaired) electrons. The van der Waals surface area contributed by atoms with Crippen molar-refractivity contribution in [1.82, 2.24) is 10.2 Å². The Morgan fingerprint density at radius 1 is 0.972 bits per heavy atom. The molecule has 0 aromatic heterocycles. The lowest BCUT2D eigenvalue weighted by Crippen LogP contribution is -2.50. The Balaban J connectivity index is 1.35. The van der Waals surface area contributed by atoms with E-state index in [4.69, 9.17) is 4.74 Å². The van der Waals surface area contributed by atoms with Crippen LogP contribution in [0.5, 0.6) is 5.75 Å². The zero-order valence-corrected chi connectivity index (χ0v) is 21.2. The van der Waals surface area contributed by atoms with Crippen molar-refractivity contribution in [2.75, 3.05) is 23.9 Å². The van der Waals surface area contributed by atoms with Crippen molar-refractivity contribution in [3.8, 4) is 5.75 Å². The van der Waals surface area contributed by atoms with Gasteiger partial charge in [0.2, 0.25) is 0 Å². The fourth-order valence-corrected chi connectivity index (χ4v) is 6.30. The Bertz CT molecular complexity index is 1340. The highest BCUT2D eigenvalue weighted by atomic mass is 32.2. The maximum Gasteiger partial charge on any atom is 0.264 e. The molecule has 188 valence electrons. The predicted octanol–water partition coefficient (Wildman–Crippen LogP) is 3.86. The molecule has 0 spiro atoms. The summed E-state index contributed by atoms with van der Waals surface area (Å²) in [4.78, 5) is 15.8. The van der Waals surface area contributed by atoms with Gasteiger partial charge in [0, 0.05) is 13.1 Å². The van der Waals surface area contributed by atoms with Crippen molar-refractivity contribution in [1.29, 1.82) is 0 Å². The number of benzene rings is 3. The molecule has 8 heteroatoms. The zero-order chi connectivity index (χ0) is 25.1. The highest BCUT2D eigenvalue weighted by Gasteiger charge is 2.37. The number of hydrogen-bond acceptors (Lipinski definition) is 5. The molecule has 3 aromatic carbocycles. The van der Waals surface area contributed by atoms with E-state index in [-0.39, 0.29) is 17.3 Å². The van der Waals surface area contributed by atoms with Crippen LogP contribution in [0, 0.1) is 6.92 Å². The molecule has 1 saturated heterocycles. The van der Waals surface area contributed by atoms with Crippen LogP contribution in [0.15, 0.2) is 77.7 Å². The molecule has 0 saturated carbocycles. The van der Waals surface area contributed by atoms with Crippen LogP contribution in [-0.2, 0) is 27.9 Å². The average molecular weight is 506 g/mol. The summed E-state index contributed by atoms with van der Waals surface area (Å²) in [5, 5.41) is 2.98. The molecule has 2 aliphatic rings. The standard InChI is InChI=1S/C28H31N3O4S/c1-21-13-14-26-25(17-21)31(36(33,34)24-11-3-2-4-12-24)20-27(35-26)28(32)29-18-22-9-5-6-10-23(22)19-30-15-7-8-16-30/h2-6,9-14,17,27H,7-8,15-16,18-20H2,1H3,(H,29,32)/t27-/m1/s1. The van der Waals surface area contributed by atoms with Crippen molar-refractivity contribution < 1.29 is 17.9 Å². The molecule has 5 rings (SSSR count). The molecule has 2 heterocycles. The number of sulfonamides is 1. The third-order valence-corrected chi connectivity index (χ3v) is 8.57. The summed E-state index contributed by atoms with van der Waals surface area (Å²) in [5.41, 5.74) is 3.60. The first-order valence-corrected chi connectivity index (χ1v) is 13.8. The second kappa shape index (κ2) is 10.3. The molecule has 1 amide bonds. The van der Waals surface area contributed by atoms with E-state index in [2.05, 4.69) is 16.3 Å². The number of amides is 1. The molecule has 1 fully saturated rings. The molecule has 7 nitrogen and oxygen atoms in total. The topological polar surface area (TPSA) is 79.0 Å². The van der Waals surface area contributed by atoms with Crippen LogP contribution in [0.1, 0.15) is 29.5 Å². The highest BCUT2D eigenvalue weighted by molar-refractivity contribution is 7.92. The first-order valence-electron chi connectivity index (χ1n) is 12.3. The Kier molecular flexibility index (Phi) is 6.98. The second-order valence-corrected chi connectivity index (χ2v) is 11.3. The van der Waals surface area contributed by atoms with Crippen LogP contribution < -0.4 is 14.4 Å². The number of nitrogens with one attached hydrogen (secondary N) is 1. The summed E-state index contributed by atoms with van der Waals surface area (Å²) in [6, 6.07) is 21.7. The maximum absolute atomic E-state index is 13.6. The van der Waals surface area contributed by atoms with Gasteiger partial charge in [-0.2, -0.15) is 0 Å². The van der Waals surface area contributed by atoms with E-state index in [1.807, 2.05) is 31.2 Å². The zero-order valence-electron chi connectivity index (χ0n) is 20.4. The van der Waals surface area contributed by atoms with Crippen LogP contribution in [0.3, 0.4) is 0 Å². The van der Waals surface area contributed by atoms with Crippen molar-refractivity contribution in [2.24, 2.45) is 0 Å². The van der Waals surface area contributed by atoms with Gasteiger partial charge in [-0.3, -0.25) is 14.0 Å². The van der Waals surface area contributed by atoms with Crippen molar-refractivity contribution in [3.05, 3.63) is 89.5 Å². The Morgan fingerprint density at radius 2 is 1.67 bits per heavy atom. The largest absolute Gasteiger partial charge is 0.476 e. The van der Waals surface area contributed by atoms with E-state index < -0.39 is 16.1 Å². The maximum atomic E-state index is 13.6. The van der Waals surface area contributed by atoms with E-state index in [1.54, 1.807) is 42.5 Å². The second-order valence-electron chi connectivity index (χ2n) is 9.40. The van der Waals surface area contributed by atoms with E-state index in [9.17, 15) is 13.2 Å². The van der Waals surface area contributed by atoms with E-state index in [1.165, 1.54) is 22.7 Å². The number of anilines is 1. The number of carbonyl (C=O) groups excluding carboxylic acids is 1. The van der Waals surface area contributed by atoms with Crippen molar-refractivity contribution >= 4 is 21.6 Å². The van der Waals surface area contributed by atoms with Crippen LogP contribution in [-0.4, -0.2) is 45.0 Å². The SMILES string of the molecule is Cc1ccc2c(c1)N(S(=O)(=O)c1ccccc1)C[C@H](C(=O)NCc1ccccc1CN1CCCC1)O2. The molecule has 2 aliphatic heterocycles. The molecular formula is C28H31N3O4S. The van der Waals surface area contributed by atoms with Crippen LogP contribution >= 0.6 is 0 Å². The average Bonchev–Trinajstić information content (AvgIpc) is 3.41. The van der Waals surface area contributed by atoms with Crippen LogP contribution in [0.2, 0.25) is 0 Å². The van der Waals surface area contributed by atoms with E-state index in [0.717, 1.165) is 30.8 Å². The summed E-state index contributed by atoms with van der Waals surface area (Å²) in [6.07, 6.45) is 1.48. The molecule has 0 aliphatic carbocycles. The third kappa shape index (κ3) is 5.10. The Hall–Kier alpha value is -3.36. The van der Waals surface area contributed by atoms with Gasteiger partial charge in [0.05, 0.1) is 17.1 Å². The lowest BCUT2D eigenvalue weighted by molar-refractivity contribution is -0.127. The Morgan fingerprint density at radius 3 is 2.42 bits per heavy atom. The van der Waals surface area contributed by atoms with Crippen molar-refractivity contribution in [3.63, 3.8) is 0 Å². The summed E-state index contributed by atoms with van der Waals surface area (Å²) in [5.74, 6) is 0.0337. The molecule has 0 bridgehead atoms. The fourth-order valence-electron chi connectivity index (χ4n) is 4.81. The lowest BCUT2D eigenvalue weighted by atomic mass is 10.1. The summed E-state index contributed by atoms with van der Waals surface area (Å²) < 4.78 is 34.4. The van der Waals surface area contributed by atoms with Gasteiger partial charge in [0.1, 0.15) is 5.75 Å². The van der Waals surface area contributed by atoms with Crippen molar-refractivity contribution in [2.45, 2.75) is 43.9 Å². The Labute approximate surface area is 212 Å². The summed E-state index contributed by atoms with van der Waals surface area (Å²) in [7, 11) is -3.88. The van der Waals surface area contributed by atoms with Gasteiger partial charge in [0.25, 0.3) is 15.9 Å². The third-order valence-electron chi connectivity index (χ3n) is 6.77. The number of hydrogen-bond donors (Lipinski definition) is 1. The molecular weight excluding hydrogens is 474 g/mol. The molecule has 0 unspecified atom stereocenters. The lowest BCUT2D eigenvalue weighted by Gasteiger charge is -2.35. The minimum Gasteiger partial charge on any atom is -0.476 e. The molecule has 36 heavy (non-hydrogen) atoms. The smallest absolute Gasteiger partial charge is 0.264 e. The number of rotatable bonds is 7. The van der Waals surface area contributed by atoms with Crippen LogP contribution in [0.25, 0.3) is 0 Å². The summed E-state index contributed by atoms with van der Waals surface area (Å²) in [6.45, 7) is 5.21. The van der Waals surface area contributed by atoms with Gasteiger partial charge >= 0.3 is 0 Å². The first kappa shape index (κ1) is 24.3. The van der Waals surface area contributed by atoms with Gasteiger partial charge in [-0.25, -0.2) is 8.42 Å². The molecule has 3 aromatic rings. The predicted molar refractivity (Wildman–Crippen MR) is 139 cm³/mol. The number of ether oxygens (including phenoxy) is 1. The first-order chi connectivity index (χ1) is 17.4. The van der Waals surface area contributed by atoms with Gasteiger partial charge < -0.3 is 10.1 Å². The number of carbonyl (C=O) groups is 1. The molecule has 1 N–H and O–H groups in total. The molecule has 1 atom stereocenters.